The molecule has 2 amide bonds. The Morgan fingerprint density at radius 2 is 1.70 bits per heavy atom. The predicted octanol–water partition coefficient (Wildman–Crippen LogP) is 4.80. The molecule has 0 bridgehead atoms. The zero-order valence-electron chi connectivity index (χ0n) is 24.5. The zero-order valence-corrected chi connectivity index (χ0v) is 25.3. The molecule has 2 N–H and O–H groups in total. The van der Waals surface area contributed by atoms with Gasteiger partial charge in [-0.2, -0.15) is 0 Å². The van der Waals surface area contributed by atoms with Gasteiger partial charge in [-0.3, -0.25) is 14.6 Å². The van der Waals surface area contributed by atoms with Crippen LogP contribution in [-0.2, 0) is 16.0 Å². The van der Waals surface area contributed by atoms with Gasteiger partial charge in [-0.25, -0.2) is 4.79 Å². The summed E-state index contributed by atoms with van der Waals surface area (Å²) in [5.74, 6) is 1.48. The van der Waals surface area contributed by atoms with Crippen LogP contribution in [0.25, 0.3) is 10.9 Å². The minimum absolute atomic E-state index is 0.0842. The molecule has 1 fully saturated rings. The number of nitrogens with zero attached hydrogens (tertiary/aromatic N) is 2. The van der Waals surface area contributed by atoms with E-state index in [4.69, 9.17) is 30.5 Å². The van der Waals surface area contributed by atoms with Crippen LogP contribution in [0.4, 0.5) is 4.79 Å². The molecule has 1 aromatic heterocycles. The Bertz CT molecular complexity index is 1600. The van der Waals surface area contributed by atoms with Crippen molar-refractivity contribution in [3.05, 3.63) is 88.6 Å². The zero-order chi connectivity index (χ0) is 30.5. The van der Waals surface area contributed by atoms with Crippen molar-refractivity contribution < 1.29 is 28.5 Å². The lowest BCUT2D eigenvalue weighted by molar-refractivity contribution is -0.123. The average Bonchev–Trinajstić information content (AvgIpc) is 3.42. The van der Waals surface area contributed by atoms with Crippen LogP contribution >= 0.6 is 11.6 Å². The standard InChI is InChI=1S/C33H35ClN4O6/c1-41-24-7-9-26(10-8-24)44-33(40)38-14-12-27-28-20-23(34)4-11-29(28)36-31(27)32(38)22-2-5-25(6-3-22)43-21-30(39)35-13-15-37-16-18-42-19-17-37/h2-11,20,32,36H,12-19,21H2,1H3,(H,35,39). The number of amides is 2. The van der Waals surface area contributed by atoms with Crippen LogP contribution in [0.1, 0.15) is 22.9 Å². The van der Waals surface area contributed by atoms with Gasteiger partial charge in [-0.15, -0.1) is 0 Å². The number of H-pyrrole nitrogens is 1. The molecule has 6 rings (SSSR count). The molecule has 2 aliphatic heterocycles. The molecule has 11 heteroatoms. The second-order valence-corrected chi connectivity index (χ2v) is 11.2. The first-order chi connectivity index (χ1) is 21.5. The summed E-state index contributed by atoms with van der Waals surface area (Å²) in [5.41, 5.74) is 3.86. The van der Waals surface area contributed by atoms with E-state index >= 15 is 0 Å². The first-order valence-electron chi connectivity index (χ1n) is 14.7. The second-order valence-electron chi connectivity index (χ2n) is 10.8. The first kappa shape index (κ1) is 29.8. The molecule has 3 heterocycles. The summed E-state index contributed by atoms with van der Waals surface area (Å²) < 4.78 is 22.1. The van der Waals surface area contributed by atoms with E-state index in [1.165, 1.54) is 0 Å². The Balaban J connectivity index is 1.17. The third-order valence-corrected chi connectivity index (χ3v) is 8.24. The summed E-state index contributed by atoms with van der Waals surface area (Å²) >= 11 is 6.34. The molecular formula is C33H35ClN4O6. The van der Waals surface area contributed by atoms with Crippen LogP contribution in [0, 0.1) is 0 Å². The van der Waals surface area contributed by atoms with Gasteiger partial charge in [0.25, 0.3) is 5.91 Å². The molecule has 230 valence electrons. The lowest BCUT2D eigenvalue weighted by Gasteiger charge is -2.35. The Kier molecular flexibility index (Phi) is 9.20. The molecule has 0 aliphatic carbocycles. The fourth-order valence-electron chi connectivity index (χ4n) is 5.73. The largest absolute Gasteiger partial charge is 0.497 e. The molecule has 4 aromatic rings. The molecule has 0 spiro atoms. The molecule has 0 radical (unpaired) electrons. The van der Waals surface area contributed by atoms with E-state index in [0.717, 1.165) is 60.6 Å². The number of halogens is 1. The highest BCUT2D eigenvalue weighted by atomic mass is 35.5. The third-order valence-electron chi connectivity index (χ3n) is 8.01. The van der Waals surface area contributed by atoms with Gasteiger partial charge in [-0.1, -0.05) is 23.7 Å². The normalized spacial score (nSPS) is 16.8. The maximum Gasteiger partial charge on any atom is 0.416 e. The molecule has 3 aromatic carbocycles. The van der Waals surface area contributed by atoms with Gasteiger partial charge in [0.1, 0.15) is 23.3 Å². The minimum Gasteiger partial charge on any atom is -0.497 e. The third kappa shape index (κ3) is 6.77. The fraction of sp³-hybridized carbons (Fsp3) is 0.333. The number of nitrogens with one attached hydrogen (secondary N) is 2. The average molecular weight is 619 g/mol. The maximum absolute atomic E-state index is 13.6. The lowest BCUT2D eigenvalue weighted by Crippen LogP contribution is -2.42. The Hall–Kier alpha value is -4.25. The van der Waals surface area contributed by atoms with Gasteiger partial charge >= 0.3 is 6.09 Å². The lowest BCUT2D eigenvalue weighted by atomic mass is 9.92. The molecule has 1 atom stereocenters. The van der Waals surface area contributed by atoms with Crippen molar-refractivity contribution in [1.29, 1.82) is 0 Å². The van der Waals surface area contributed by atoms with Crippen LogP contribution in [-0.4, -0.2) is 86.4 Å². The topological polar surface area (TPSA) is 105 Å². The smallest absolute Gasteiger partial charge is 0.416 e. The number of rotatable bonds is 9. The Morgan fingerprint density at radius 3 is 2.45 bits per heavy atom. The molecule has 1 unspecified atom stereocenters. The van der Waals surface area contributed by atoms with E-state index < -0.39 is 12.1 Å². The highest BCUT2D eigenvalue weighted by Gasteiger charge is 2.36. The summed E-state index contributed by atoms with van der Waals surface area (Å²) in [6.45, 7) is 4.92. The number of hydrogen-bond donors (Lipinski definition) is 2. The molecule has 10 nitrogen and oxygen atoms in total. The van der Waals surface area contributed by atoms with Gasteiger partial charge in [-0.05, 0) is 72.1 Å². The van der Waals surface area contributed by atoms with E-state index in [2.05, 4.69) is 15.2 Å². The van der Waals surface area contributed by atoms with Crippen LogP contribution in [0.5, 0.6) is 17.2 Å². The van der Waals surface area contributed by atoms with Gasteiger partial charge in [0, 0.05) is 54.3 Å². The number of carbonyl (C=O) groups excluding carboxylic acids is 2. The Labute approximate surface area is 260 Å². The predicted molar refractivity (Wildman–Crippen MR) is 167 cm³/mol. The van der Waals surface area contributed by atoms with Crippen molar-refractivity contribution in [3.8, 4) is 17.2 Å². The number of fused-ring (bicyclic) bond motifs is 3. The quantitative estimate of drug-likeness (QED) is 0.278. The molecule has 0 saturated carbocycles. The van der Waals surface area contributed by atoms with Crippen molar-refractivity contribution >= 4 is 34.5 Å². The van der Waals surface area contributed by atoms with Crippen molar-refractivity contribution in [2.24, 2.45) is 0 Å². The summed E-state index contributed by atoms with van der Waals surface area (Å²) in [5, 5.41) is 4.61. The SMILES string of the molecule is COc1ccc(OC(=O)N2CCc3c([nH]c4ccc(Cl)cc34)C2c2ccc(OCC(=O)NCCN3CCOCC3)cc2)cc1. The number of aromatic nitrogens is 1. The van der Waals surface area contributed by atoms with Crippen LogP contribution in [0.3, 0.4) is 0 Å². The molecular weight excluding hydrogens is 584 g/mol. The van der Waals surface area contributed by atoms with Crippen molar-refractivity contribution in [2.75, 3.05) is 59.7 Å². The number of methoxy groups -OCH3 is 1. The molecule has 1 saturated heterocycles. The second kappa shape index (κ2) is 13.6. The molecule has 44 heavy (non-hydrogen) atoms. The number of hydrogen-bond acceptors (Lipinski definition) is 7. The van der Waals surface area contributed by atoms with Crippen molar-refractivity contribution in [2.45, 2.75) is 12.5 Å². The van der Waals surface area contributed by atoms with Crippen LogP contribution < -0.4 is 19.5 Å². The van der Waals surface area contributed by atoms with Crippen molar-refractivity contribution in [3.63, 3.8) is 0 Å². The summed E-state index contributed by atoms with van der Waals surface area (Å²) in [4.78, 5) is 33.5. The minimum atomic E-state index is -0.461. The monoisotopic (exact) mass is 618 g/mol. The van der Waals surface area contributed by atoms with Gasteiger partial charge < -0.3 is 29.2 Å². The van der Waals surface area contributed by atoms with Gasteiger partial charge in [0.05, 0.1) is 20.3 Å². The number of morpholine rings is 1. The maximum atomic E-state index is 13.6. The van der Waals surface area contributed by atoms with E-state index in [-0.39, 0.29) is 12.5 Å². The number of aromatic amines is 1. The van der Waals surface area contributed by atoms with Crippen LogP contribution in [0.15, 0.2) is 66.7 Å². The van der Waals surface area contributed by atoms with E-state index in [0.29, 0.717) is 41.8 Å². The van der Waals surface area contributed by atoms with E-state index in [1.54, 1.807) is 36.3 Å². The highest BCUT2D eigenvalue weighted by molar-refractivity contribution is 6.31. The molecule has 2 aliphatic rings. The van der Waals surface area contributed by atoms with Gasteiger partial charge in [0.15, 0.2) is 6.61 Å². The highest BCUT2D eigenvalue weighted by Crippen LogP contribution is 2.40. The first-order valence-corrected chi connectivity index (χ1v) is 15.1. The van der Waals surface area contributed by atoms with Crippen molar-refractivity contribution in [1.82, 2.24) is 20.1 Å². The van der Waals surface area contributed by atoms with Gasteiger partial charge in [0.2, 0.25) is 0 Å². The van der Waals surface area contributed by atoms with E-state index in [1.807, 2.05) is 42.5 Å². The number of ether oxygens (including phenoxy) is 4. The summed E-state index contributed by atoms with van der Waals surface area (Å²) in [7, 11) is 1.59. The number of carbonyl (C=O) groups is 2. The summed E-state index contributed by atoms with van der Waals surface area (Å²) in [6, 6.07) is 19.7. The summed E-state index contributed by atoms with van der Waals surface area (Å²) in [6.07, 6.45) is 0.183. The van der Waals surface area contributed by atoms with E-state index in [9.17, 15) is 9.59 Å². The van der Waals surface area contributed by atoms with Crippen LogP contribution in [0.2, 0.25) is 5.02 Å². The fourth-order valence-corrected chi connectivity index (χ4v) is 5.90. The Morgan fingerprint density at radius 1 is 0.977 bits per heavy atom. The number of benzene rings is 3.